The molecule has 0 spiro atoms. The van der Waals surface area contributed by atoms with Crippen LogP contribution in [-0.4, -0.2) is 122 Å². The molecule has 11 nitrogen and oxygen atoms in total. The van der Waals surface area contributed by atoms with Gasteiger partial charge in [-0.15, -0.1) is 0 Å². The van der Waals surface area contributed by atoms with Gasteiger partial charge in [0.1, 0.15) is 48.8 Å². The minimum absolute atomic E-state index is 0.185. The molecule has 0 unspecified atom stereocenters. The number of hydrogen-bond donors (Lipinski definition) is 7. The van der Waals surface area contributed by atoms with Gasteiger partial charge in [0.2, 0.25) is 0 Å². The van der Waals surface area contributed by atoms with Gasteiger partial charge in [-0.1, -0.05) is 15.9 Å². The molecular formula is C14H25BrO11. The molecule has 0 saturated carbocycles. The van der Waals surface area contributed by atoms with Gasteiger partial charge >= 0.3 is 0 Å². The van der Waals surface area contributed by atoms with Crippen molar-refractivity contribution in [3.63, 3.8) is 0 Å². The van der Waals surface area contributed by atoms with Gasteiger partial charge in [-0.3, -0.25) is 0 Å². The highest BCUT2D eigenvalue weighted by atomic mass is 79.9. The van der Waals surface area contributed by atoms with Crippen molar-refractivity contribution in [2.24, 2.45) is 0 Å². The third kappa shape index (κ3) is 4.71. The molecule has 10 atom stereocenters. The maximum Gasteiger partial charge on any atom is 0.187 e. The molecule has 0 radical (unpaired) electrons. The molecule has 2 aliphatic rings. The van der Waals surface area contributed by atoms with E-state index in [1.54, 1.807) is 0 Å². The van der Waals surface area contributed by atoms with Gasteiger partial charge in [0.15, 0.2) is 12.6 Å². The first-order valence-corrected chi connectivity index (χ1v) is 9.23. The molecule has 154 valence electrons. The second kappa shape index (κ2) is 10.0. The molecule has 2 fully saturated rings. The average molecular weight is 449 g/mol. The zero-order valence-electron chi connectivity index (χ0n) is 13.7. The smallest absolute Gasteiger partial charge is 0.187 e. The van der Waals surface area contributed by atoms with E-state index < -0.39 is 74.6 Å². The zero-order chi connectivity index (χ0) is 19.4. The van der Waals surface area contributed by atoms with Gasteiger partial charge in [0.05, 0.1) is 19.8 Å². The van der Waals surface area contributed by atoms with E-state index in [1.807, 2.05) is 0 Å². The topological polar surface area (TPSA) is 179 Å². The van der Waals surface area contributed by atoms with Crippen LogP contribution in [0.4, 0.5) is 0 Å². The van der Waals surface area contributed by atoms with E-state index >= 15 is 0 Å². The molecule has 0 aromatic carbocycles. The number of halogens is 1. The Balaban J connectivity index is 2.09. The summed E-state index contributed by atoms with van der Waals surface area (Å²) in [6, 6.07) is 0. The Morgan fingerprint density at radius 1 is 0.731 bits per heavy atom. The molecule has 0 aliphatic carbocycles. The molecule has 2 aliphatic heterocycles. The minimum Gasteiger partial charge on any atom is -0.394 e. The summed E-state index contributed by atoms with van der Waals surface area (Å²) in [5, 5.41) is 69.2. The van der Waals surface area contributed by atoms with Crippen LogP contribution >= 0.6 is 15.9 Å². The number of hydrogen-bond acceptors (Lipinski definition) is 11. The van der Waals surface area contributed by atoms with Gasteiger partial charge < -0.3 is 54.7 Å². The summed E-state index contributed by atoms with van der Waals surface area (Å²) >= 11 is 3.14. The molecule has 0 amide bonds. The fourth-order valence-corrected chi connectivity index (χ4v) is 3.04. The molecule has 7 N–H and O–H groups in total. The summed E-state index contributed by atoms with van der Waals surface area (Å²) in [5.74, 6) is 0. The predicted molar refractivity (Wildman–Crippen MR) is 86.1 cm³/mol. The summed E-state index contributed by atoms with van der Waals surface area (Å²) in [7, 11) is 0. The van der Waals surface area contributed by atoms with Gasteiger partial charge in [-0.05, 0) is 0 Å². The minimum atomic E-state index is -1.70. The first-order valence-electron chi connectivity index (χ1n) is 8.11. The van der Waals surface area contributed by atoms with Crippen molar-refractivity contribution in [1.82, 2.24) is 0 Å². The summed E-state index contributed by atoms with van der Waals surface area (Å²) in [6.07, 6.45) is -14.4. The monoisotopic (exact) mass is 448 g/mol. The van der Waals surface area contributed by atoms with Crippen LogP contribution in [0.2, 0.25) is 0 Å². The maximum atomic E-state index is 10.3. The van der Waals surface area contributed by atoms with Crippen molar-refractivity contribution in [2.45, 2.75) is 61.4 Å². The van der Waals surface area contributed by atoms with E-state index in [4.69, 9.17) is 18.9 Å². The van der Waals surface area contributed by atoms with Crippen molar-refractivity contribution < 1.29 is 54.7 Å². The van der Waals surface area contributed by atoms with E-state index in [0.29, 0.717) is 5.33 Å². The third-order valence-corrected chi connectivity index (χ3v) is 4.64. The van der Waals surface area contributed by atoms with Crippen molar-refractivity contribution in [1.29, 1.82) is 0 Å². The fourth-order valence-electron chi connectivity index (χ4n) is 2.85. The summed E-state index contributed by atoms with van der Waals surface area (Å²) < 4.78 is 21.2. The Hall–Kier alpha value is 0.0400. The van der Waals surface area contributed by atoms with E-state index in [0.717, 1.165) is 0 Å². The van der Waals surface area contributed by atoms with Crippen molar-refractivity contribution in [3.05, 3.63) is 0 Å². The van der Waals surface area contributed by atoms with E-state index in [1.165, 1.54) is 0 Å². The average Bonchev–Trinajstić information content (AvgIpc) is 2.64. The van der Waals surface area contributed by atoms with Crippen LogP contribution in [-0.2, 0) is 18.9 Å². The molecule has 12 heteroatoms. The molecule has 0 bridgehead atoms. The van der Waals surface area contributed by atoms with E-state index in [2.05, 4.69) is 15.9 Å². The highest BCUT2D eigenvalue weighted by molar-refractivity contribution is 9.09. The Morgan fingerprint density at radius 2 is 1.31 bits per heavy atom. The standard InChI is InChI=1S/C14H25BrO11/c15-1-2-23-13-11(22)9(20)12(6(4-17)25-13)26-14-10(21)8(19)7(18)5(3-16)24-14/h5-14,16-22H,1-4H2/t5-,6-,7+,8+,9-,10-,11-,12-,13-,14+/m1/s1. The summed E-state index contributed by atoms with van der Waals surface area (Å²) in [6.45, 7) is -1.06. The number of alkyl halides is 1. The number of aliphatic hydroxyl groups excluding tert-OH is 7. The van der Waals surface area contributed by atoms with Gasteiger partial charge in [0, 0.05) is 5.33 Å². The lowest BCUT2D eigenvalue weighted by molar-refractivity contribution is -0.359. The SMILES string of the molecule is OC[C@H]1O[C@@H](O[C@H]2[C@H](O)[C@@H](O)[C@H](OCCBr)O[C@@H]2CO)[C@H](O)[C@@H](O)[C@H]1O. The summed E-state index contributed by atoms with van der Waals surface area (Å²) in [4.78, 5) is 0. The second-order valence-electron chi connectivity index (χ2n) is 6.06. The lowest BCUT2D eigenvalue weighted by Crippen LogP contribution is -2.64. The second-order valence-corrected chi connectivity index (χ2v) is 6.86. The van der Waals surface area contributed by atoms with Crippen LogP contribution in [0, 0.1) is 0 Å². The molecule has 0 aromatic rings. The third-order valence-electron chi connectivity index (χ3n) is 4.32. The fraction of sp³-hybridized carbons (Fsp3) is 1.00. The molecule has 2 saturated heterocycles. The van der Waals surface area contributed by atoms with Crippen LogP contribution in [0.25, 0.3) is 0 Å². The first-order chi connectivity index (χ1) is 12.3. The van der Waals surface area contributed by atoms with Crippen LogP contribution < -0.4 is 0 Å². The molecular weight excluding hydrogens is 424 g/mol. The van der Waals surface area contributed by atoms with Crippen LogP contribution in [0.5, 0.6) is 0 Å². The number of aliphatic hydroxyl groups is 7. The summed E-state index contributed by atoms with van der Waals surface area (Å²) in [5.41, 5.74) is 0. The molecule has 26 heavy (non-hydrogen) atoms. The van der Waals surface area contributed by atoms with E-state index in [-0.39, 0.29) is 6.61 Å². The Kier molecular flexibility index (Phi) is 8.59. The van der Waals surface area contributed by atoms with Gasteiger partial charge in [-0.2, -0.15) is 0 Å². The lowest BCUT2D eigenvalue weighted by atomic mass is 9.97. The number of ether oxygens (including phenoxy) is 4. The van der Waals surface area contributed by atoms with Crippen molar-refractivity contribution in [3.8, 4) is 0 Å². The van der Waals surface area contributed by atoms with Gasteiger partial charge in [0.25, 0.3) is 0 Å². The van der Waals surface area contributed by atoms with Crippen LogP contribution in [0.3, 0.4) is 0 Å². The van der Waals surface area contributed by atoms with Gasteiger partial charge in [-0.25, -0.2) is 0 Å². The first kappa shape index (κ1) is 22.3. The molecule has 0 aromatic heterocycles. The Bertz CT molecular complexity index is 426. The van der Waals surface area contributed by atoms with E-state index in [9.17, 15) is 35.7 Å². The normalized spacial score (nSPS) is 47.1. The largest absolute Gasteiger partial charge is 0.394 e. The molecule has 2 rings (SSSR count). The maximum absolute atomic E-state index is 10.3. The predicted octanol–water partition coefficient (Wildman–Crippen LogP) is -3.98. The molecule has 2 heterocycles. The zero-order valence-corrected chi connectivity index (χ0v) is 15.3. The van der Waals surface area contributed by atoms with Crippen LogP contribution in [0.1, 0.15) is 0 Å². The van der Waals surface area contributed by atoms with Crippen LogP contribution in [0.15, 0.2) is 0 Å². The van der Waals surface area contributed by atoms with Crippen molar-refractivity contribution >= 4 is 15.9 Å². The Labute approximate surface area is 157 Å². The van der Waals surface area contributed by atoms with Crippen molar-refractivity contribution in [2.75, 3.05) is 25.2 Å². The quantitative estimate of drug-likeness (QED) is 0.189. The highest BCUT2D eigenvalue weighted by Gasteiger charge is 2.50. The lowest BCUT2D eigenvalue weighted by Gasteiger charge is -2.45. The Morgan fingerprint density at radius 3 is 1.88 bits per heavy atom. The highest BCUT2D eigenvalue weighted by Crippen LogP contribution is 2.29. The number of rotatable bonds is 7.